The number of hydrogen-bond donors (Lipinski definition) is 2. The molecule has 1 aromatic carbocycles. The number of hydrazine groups is 1. The summed E-state index contributed by atoms with van der Waals surface area (Å²) < 4.78 is 6.18. The standard InChI is InChI=1S/C16H23ClN2OS/c17-14-3-1-2-12(10-14)15(19-18)13-4-7-20-16(11-13)5-8-21-9-6-16/h1-3,10,13,15,19H,4-9,11,18H2. The Morgan fingerprint density at radius 3 is 2.90 bits per heavy atom. The number of thioether (sulfide) groups is 1. The van der Waals surface area contributed by atoms with Gasteiger partial charge in [0.2, 0.25) is 0 Å². The van der Waals surface area contributed by atoms with Crippen molar-refractivity contribution in [3.63, 3.8) is 0 Å². The van der Waals surface area contributed by atoms with E-state index in [1.807, 2.05) is 30.0 Å². The van der Waals surface area contributed by atoms with Crippen LogP contribution < -0.4 is 11.3 Å². The molecule has 2 saturated heterocycles. The van der Waals surface area contributed by atoms with E-state index in [9.17, 15) is 0 Å². The van der Waals surface area contributed by atoms with E-state index in [1.165, 1.54) is 29.9 Å². The topological polar surface area (TPSA) is 47.3 Å². The average Bonchev–Trinajstić information content (AvgIpc) is 2.49. The molecule has 2 unspecified atom stereocenters. The van der Waals surface area contributed by atoms with E-state index in [0.717, 1.165) is 24.5 Å². The molecule has 0 radical (unpaired) electrons. The highest BCUT2D eigenvalue weighted by atomic mass is 35.5. The number of ether oxygens (including phenoxy) is 1. The molecule has 1 spiro atoms. The molecule has 2 aliphatic heterocycles. The van der Waals surface area contributed by atoms with Crippen LogP contribution in [0, 0.1) is 5.92 Å². The highest BCUT2D eigenvalue weighted by Gasteiger charge is 2.41. The van der Waals surface area contributed by atoms with Crippen molar-refractivity contribution >= 4 is 23.4 Å². The van der Waals surface area contributed by atoms with Crippen molar-refractivity contribution in [2.24, 2.45) is 11.8 Å². The first-order valence-electron chi connectivity index (χ1n) is 7.66. The number of nitrogens with one attached hydrogen (secondary N) is 1. The molecule has 0 saturated carbocycles. The molecule has 0 amide bonds. The molecule has 5 heteroatoms. The lowest BCUT2D eigenvalue weighted by Crippen LogP contribution is -2.46. The quantitative estimate of drug-likeness (QED) is 0.659. The minimum Gasteiger partial charge on any atom is -0.375 e. The van der Waals surface area contributed by atoms with E-state index >= 15 is 0 Å². The van der Waals surface area contributed by atoms with E-state index in [4.69, 9.17) is 22.2 Å². The fraction of sp³-hybridized carbons (Fsp3) is 0.625. The molecule has 1 aromatic rings. The van der Waals surface area contributed by atoms with Gasteiger partial charge < -0.3 is 4.74 Å². The molecule has 2 heterocycles. The third kappa shape index (κ3) is 3.57. The number of nitrogens with two attached hydrogens (primary N) is 1. The fourth-order valence-electron chi connectivity index (χ4n) is 3.65. The maximum atomic E-state index is 6.18. The Kier molecular flexibility index (Phi) is 5.12. The van der Waals surface area contributed by atoms with Crippen molar-refractivity contribution in [3.8, 4) is 0 Å². The van der Waals surface area contributed by atoms with Crippen LogP contribution in [0.1, 0.15) is 37.3 Å². The minimum absolute atomic E-state index is 0.0852. The summed E-state index contributed by atoms with van der Waals surface area (Å²) in [5.41, 5.74) is 4.28. The van der Waals surface area contributed by atoms with Gasteiger partial charge in [-0.15, -0.1) is 0 Å². The molecule has 0 aliphatic carbocycles. The summed E-state index contributed by atoms with van der Waals surface area (Å²) in [6, 6.07) is 8.18. The van der Waals surface area contributed by atoms with Gasteiger partial charge in [-0.1, -0.05) is 23.7 Å². The summed E-state index contributed by atoms with van der Waals surface area (Å²) in [4.78, 5) is 0. The van der Waals surface area contributed by atoms with Crippen LogP contribution in [-0.2, 0) is 4.74 Å². The van der Waals surface area contributed by atoms with Gasteiger partial charge in [0.25, 0.3) is 0 Å². The summed E-state index contributed by atoms with van der Waals surface area (Å²) in [6.07, 6.45) is 4.48. The average molecular weight is 327 g/mol. The maximum Gasteiger partial charge on any atom is 0.0701 e. The van der Waals surface area contributed by atoms with Gasteiger partial charge in [-0.3, -0.25) is 11.3 Å². The second-order valence-corrected chi connectivity index (χ2v) is 7.76. The fourth-order valence-corrected chi connectivity index (χ4v) is 5.08. The molecule has 2 aliphatic rings. The van der Waals surface area contributed by atoms with Gasteiger partial charge in [-0.05, 0) is 60.8 Å². The first kappa shape index (κ1) is 15.6. The van der Waals surface area contributed by atoms with Crippen LogP contribution in [0.25, 0.3) is 0 Å². The smallest absolute Gasteiger partial charge is 0.0701 e. The van der Waals surface area contributed by atoms with Crippen LogP contribution >= 0.6 is 23.4 Å². The summed E-state index contributed by atoms with van der Waals surface area (Å²) in [7, 11) is 0. The maximum absolute atomic E-state index is 6.18. The highest BCUT2D eigenvalue weighted by Crippen LogP contribution is 2.43. The Labute approximate surface area is 135 Å². The molecular formula is C16H23ClN2OS. The van der Waals surface area contributed by atoms with E-state index in [1.54, 1.807) is 0 Å². The Bertz CT molecular complexity index is 474. The van der Waals surface area contributed by atoms with E-state index in [0.29, 0.717) is 5.92 Å². The molecule has 2 fully saturated rings. The van der Waals surface area contributed by atoms with Crippen molar-refractivity contribution in [3.05, 3.63) is 34.9 Å². The Hall–Kier alpha value is -0.260. The molecule has 0 aromatic heterocycles. The van der Waals surface area contributed by atoms with Gasteiger partial charge in [-0.25, -0.2) is 0 Å². The highest BCUT2D eigenvalue weighted by molar-refractivity contribution is 7.99. The van der Waals surface area contributed by atoms with Crippen LogP contribution in [0.5, 0.6) is 0 Å². The van der Waals surface area contributed by atoms with Gasteiger partial charge in [-0.2, -0.15) is 11.8 Å². The van der Waals surface area contributed by atoms with Gasteiger partial charge >= 0.3 is 0 Å². The van der Waals surface area contributed by atoms with Gasteiger partial charge in [0.15, 0.2) is 0 Å². The first-order valence-corrected chi connectivity index (χ1v) is 9.19. The third-order valence-corrected chi connectivity index (χ3v) is 6.01. The minimum atomic E-state index is 0.0852. The molecule has 116 valence electrons. The van der Waals surface area contributed by atoms with Crippen LogP contribution in [0.4, 0.5) is 0 Å². The van der Waals surface area contributed by atoms with Crippen molar-refractivity contribution in [1.82, 2.24) is 5.43 Å². The largest absolute Gasteiger partial charge is 0.375 e. The second kappa shape index (κ2) is 6.88. The van der Waals surface area contributed by atoms with Crippen LogP contribution in [0.3, 0.4) is 0 Å². The molecule has 3 nitrogen and oxygen atoms in total. The summed E-state index contributed by atoms with van der Waals surface area (Å²) in [5.74, 6) is 8.80. The van der Waals surface area contributed by atoms with E-state index in [2.05, 4.69) is 11.5 Å². The third-order valence-electron chi connectivity index (χ3n) is 4.79. The van der Waals surface area contributed by atoms with Gasteiger partial charge in [0, 0.05) is 17.7 Å². The molecule has 3 N–H and O–H groups in total. The SMILES string of the molecule is NNC(c1cccc(Cl)c1)C1CCOC2(CCSCC2)C1. The van der Waals surface area contributed by atoms with Crippen LogP contribution in [-0.4, -0.2) is 23.7 Å². The predicted molar refractivity (Wildman–Crippen MR) is 89.5 cm³/mol. The lowest BCUT2D eigenvalue weighted by Gasteiger charge is -2.45. The number of hydrogen-bond acceptors (Lipinski definition) is 4. The van der Waals surface area contributed by atoms with Gasteiger partial charge in [0.05, 0.1) is 5.60 Å². The number of halogens is 1. The van der Waals surface area contributed by atoms with Crippen molar-refractivity contribution < 1.29 is 4.74 Å². The summed E-state index contributed by atoms with van der Waals surface area (Å²) in [5, 5.41) is 0.767. The summed E-state index contributed by atoms with van der Waals surface area (Å²) in [6.45, 7) is 0.841. The van der Waals surface area contributed by atoms with Crippen molar-refractivity contribution in [1.29, 1.82) is 0 Å². The Morgan fingerprint density at radius 2 is 2.19 bits per heavy atom. The zero-order valence-electron chi connectivity index (χ0n) is 12.2. The molecule has 0 bridgehead atoms. The van der Waals surface area contributed by atoms with Crippen LogP contribution in [0.2, 0.25) is 5.02 Å². The summed E-state index contributed by atoms with van der Waals surface area (Å²) >= 11 is 8.17. The molecule has 21 heavy (non-hydrogen) atoms. The molecule has 3 rings (SSSR count). The molecule has 2 atom stereocenters. The first-order chi connectivity index (χ1) is 10.2. The monoisotopic (exact) mass is 326 g/mol. The second-order valence-electron chi connectivity index (χ2n) is 6.10. The van der Waals surface area contributed by atoms with E-state index < -0.39 is 0 Å². The van der Waals surface area contributed by atoms with Crippen molar-refractivity contribution in [2.75, 3.05) is 18.1 Å². The van der Waals surface area contributed by atoms with Crippen molar-refractivity contribution in [2.45, 2.75) is 37.3 Å². The predicted octanol–water partition coefficient (Wildman–Crippen LogP) is 3.54. The lowest BCUT2D eigenvalue weighted by molar-refractivity contribution is -0.107. The zero-order chi connectivity index (χ0) is 14.7. The van der Waals surface area contributed by atoms with E-state index in [-0.39, 0.29) is 11.6 Å². The molecular weight excluding hydrogens is 304 g/mol. The zero-order valence-corrected chi connectivity index (χ0v) is 13.8. The Balaban J connectivity index is 1.77. The number of rotatable bonds is 3. The lowest BCUT2D eigenvalue weighted by atomic mass is 9.77. The van der Waals surface area contributed by atoms with Gasteiger partial charge in [0.1, 0.15) is 0 Å². The van der Waals surface area contributed by atoms with Crippen LogP contribution in [0.15, 0.2) is 24.3 Å². The Morgan fingerprint density at radius 1 is 1.38 bits per heavy atom. The number of benzene rings is 1. The normalized spacial score (nSPS) is 26.7.